The fourth-order valence-corrected chi connectivity index (χ4v) is 0.511. The van der Waals surface area contributed by atoms with Crippen molar-refractivity contribution in [2.45, 2.75) is 0 Å². The van der Waals surface area contributed by atoms with Gasteiger partial charge in [-0.25, -0.2) is 0 Å². The zero-order chi connectivity index (χ0) is 9.56. The molecule has 6 heteroatoms. The van der Waals surface area contributed by atoms with Gasteiger partial charge in [0.2, 0.25) is 0 Å². The van der Waals surface area contributed by atoms with Crippen molar-refractivity contribution < 1.29 is 12.9 Å². The first kappa shape index (κ1) is 10.7. The van der Waals surface area contributed by atoms with Gasteiger partial charge in [0.05, 0.1) is 11.4 Å². The third-order valence-corrected chi connectivity index (χ3v) is 0.996. The Morgan fingerprint density at radius 1 is 0.917 bits per heavy atom. The summed E-state index contributed by atoms with van der Waals surface area (Å²) >= 11 is 0. The Balaban J connectivity index is 0.000000261. The molecule has 2 nitrogen and oxygen atoms in total. The number of rotatable bonds is 0. The van der Waals surface area contributed by atoms with Crippen LogP contribution < -0.4 is 11.5 Å². The fourth-order valence-electron chi connectivity index (χ4n) is 0.511. The summed E-state index contributed by atoms with van der Waals surface area (Å²) in [5, 5.41) is 0. The van der Waals surface area contributed by atoms with Gasteiger partial charge in [0, 0.05) is 0 Å². The molecule has 0 spiro atoms. The van der Waals surface area contributed by atoms with Crippen LogP contribution in [0.25, 0.3) is 0 Å². The summed E-state index contributed by atoms with van der Waals surface area (Å²) in [7, 11) is -3.67. The second kappa shape index (κ2) is 5.34. The van der Waals surface area contributed by atoms with Gasteiger partial charge in [0.15, 0.2) is 0 Å². The predicted octanol–water partition coefficient (Wildman–Crippen LogP) is 1.73. The van der Waals surface area contributed by atoms with Crippen LogP contribution in [-0.2, 0) is 0 Å². The molecule has 1 rings (SSSR count). The number of benzene rings is 1. The lowest BCUT2D eigenvalue weighted by molar-refractivity contribution is 0.535. The molecule has 0 saturated heterocycles. The molecular formula is C6H8BF3N2. The number of anilines is 2. The minimum absolute atomic E-state index is 0.646. The first-order valence-corrected chi connectivity index (χ1v) is 3.06. The zero-order valence-electron chi connectivity index (χ0n) is 6.18. The van der Waals surface area contributed by atoms with Crippen LogP contribution >= 0.6 is 0 Å². The highest BCUT2D eigenvalue weighted by atomic mass is 19.4. The second-order valence-corrected chi connectivity index (χ2v) is 1.88. The van der Waals surface area contributed by atoms with Crippen molar-refractivity contribution in [1.29, 1.82) is 0 Å². The number of halogens is 3. The lowest BCUT2D eigenvalue weighted by Crippen LogP contribution is -1.91. The standard InChI is InChI=1S/C6H8N2.BF3/c7-5-3-1-2-4-6(5)8;2-1(3)4/h1-4H,7-8H2;. The van der Waals surface area contributed by atoms with E-state index in [2.05, 4.69) is 0 Å². The van der Waals surface area contributed by atoms with E-state index in [0.29, 0.717) is 11.4 Å². The van der Waals surface area contributed by atoms with E-state index >= 15 is 0 Å². The second-order valence-electron chi connectivity index (χ2n) is 1.88. The first-order chi connectivity index (χ1) is 5.54. The van der Waals surface area contributed by atoms with Crippen molar-refractivity contribution in [2.24, 2.45) is 0 Å². The SMILES string of the molecule is FB(F)F.Nc1ccccc1N. The maximum atomic E-state index is 9.67. The summed E-state index contributed by atoms with van der Waals surface area (Å²) in [4.78, 5) is 0. The number of para-hydroxylation sites is 2. The monoisotopic (exact) mass is 176 g/mol. The molecule has 66 valence electrons. The molecule has 0 unspecified atom stereocenters. The van der Waals surface area contributed by atoms with Crippen LogP contribution in [0.4, 0.5) is 24.3 Å². The molecule has 0 amide bonds. The van der Waals surface area contributed by atoms with Crippen molar-refractivity contribution in [3.8, 4) is 0 Å². The van der Waals surface area contributed by atoms with Gasteiger partial charge < -0.3 is 11.5 Å². The molecule has 0 atom stereocenters. The Hall–Kier alpha value is -1.33. The Morgan fingerprint density at radius 2 is 1.17 bits per heavy atom. The van der Waals surface area contributed by atoms with E-state index < -0.39 is 7.54 Å². The average Bonchev–Trinajstić information content (AvgIpc) is 1.94. The van der Waals surface area contributed by atoms with Gasteiger partial charge >= 0.3 is 7.54 Å². The number of nitrogens with two attached hydrogens (primary N) is 2. The van der Waals surface area contributed by atoms with Crippen LogP contribution in [0.15, 0.2) is 24.3 Å². The van der Waals surface area contributed by atoms with E-state index in [1.165, 1.54) is 0 Å². The van der Waals surface area contributed by atoms with Crippen molar-refractivity contribution in [1.82, 2.24) is 0 Å². The van der Waals surface area contributed by atoms with Gasteiger partial charge in [0.25, 0.3) is 0 Å². The molecule has 12 heavy (non-hydrogen) atoms. The molecule has 0 aliphatic heterocycles. The molecule has 0 aromatic heterocycles. The summed E-state index contributed by atoms with van der Waals surface area (Å²) in [5.74, 6) is 0. The highest BCUT2D eigenvalue weighted by Gasteiger charge is 2.06. The molecule has 0 fully saturated rings. The van der Waals surface area contributed by atoms with Gasteiger partial charge in [-0.1, -0.05) is 12.1 Å². The van der Waals surface area contributed by atoms with E-state index in [9.17, 15) is 12.9 Å². The number of hydrogen-bond acceptors (Lipinski definition) is 2. The molecule has 0 radical (unpaired) electrons. The van der Waals surface area contributed by atoms with Gasteiger partial charge in [-0.2, -0.15) is 0 Å². The highest BCUT2D eigenvalue weighted by molar-refractivity contribution is 6.33. The summed E-state index contributed by atoms with van der Waals surface area (Å²) in [6, 6.07) is 7.25. The molecule has 1 aromatic carbocycles. The first-order valence-electron chi connectivity index (χ1n) is 3.06. The molecular weight excluding hydrogens is 168 g/mol. The smallest absolute Gasteiger partial charge is 0.397 e. The van der Waals surface area contributed by atoms with Gasteiger partial charge in [-0.3, -0.25) is 12.9 Å². The van der Waals surface area contributed by atoms with Crippen LogP contribution in [0.5, 0.6) is 0 Å². The number of hydrogen-bond donors (Lipinski definition) is 2. The van der Waals surface area contributed by atoms with Crippen molar-refractivity contribution in [3.63, 3.8) is 0 Å². The van der Waals surface area contributed by atoms with Crippen LogP contribution in [0.2, 0.25) is 0 Å². The summed E-state index contributed by atoms with van der Waals surface area (Å²) in [5.41, 5.74) is 12.1. The van der Waals surface area contributed by atoms with E-state index in [4.69, 9.17) is 11.5 Å². The van der Waals surface area contributed by atoms with Gasteiger partial charge in [-0.05, 0) is 12.1 Å². The molecule has 1 aromatic rings. The zero-order valence-corrected chi connectivity index (χ0v) is 6.18. The van der Waals surface area contributed by atoms with E-state index in [1.54, 1.807) is 12.1 Å². The van der Waals surface area contributed by atoms with Gasteiger partial charge in [0.1, 0.15) is 0 Å². The minimum atomic E-state index is -3.67. The quantitative estimate of drug-likeness (QED) is 0.467. The van der Waals surface area contributed by atoms with Crippen LogP contribution in [0, 0.1) is 0 Å². The predicted molar refractivity (Wildman–Crippen MR) is 44.3 cm³/mol. The molecule has 0 heterocycles. The normalized spacial score (nSPS) is 8.25. The molecule has 0 aliphatic carbocycles. The van der Waals surface area contributed by atoms with Crippen LogP contribution in [0.1, 0.15) is 0 Å². The summed E-state index contributed by atoms with van der Waals surface area (Å²) in [6.07, 6.45) is 0. The molecule has 0 bridgehead atoms. The lowest BCUT2D eigenvalue weighted by atomic mass is 10.3. The van der Waals surface area contributed by atoms with Crippen LogP contribution in [-0.4, -0.2) is 7.54 Å². The third-order valence-electron chi connectivity index (χ3n) is 0.996. The topological polar surface area (TPSA) is 52.0 Å². The molecule has 0 aliphatic rings. The van der Waals surface area contributed by atoms with E-state index in [1.807, 2.05) is 12.1 Å². The van der Waals surface area contributed by atoms with E-state index in [0.717, 1.165) is 0 Å². The Morgan fingerprint density at radius 3 is 1.33 bits per heavy atom. The average molecular weight is 176 g/mol. The number of nitrogen functional groups attached to an aromatic ring is 2. The van der Waals surface area contributed by atoms with Crippen LogP contribution in [0.3, 0.4) is 0 Å². The molecule has 4 N–H and O–H groups in total. The fraction of sp³-hybridized carbons (Fsp3) is 0. The Bertz CT molecular complexity index is 208. The Labute approximate surface area is 68.6 Å². The third kappa shape index (κ3) is 5.46. The van der Waals surface area contributed by atoms with Gasteiger partial charge in [-0.15, -0.1) is 0 Å². The van der Waals surface area contributed by atoms with Crippen molar-refractivity contribution in [3.05, 3.63) is 24.3 Å². The van der Waals surface area contributed by atoms with Crippen molar-refractivity contribution in [2.75, 3.05) is 11.5 Å². The molecule has 0 saturated carbocycles. The Kier molecular flexibility index (Phi) is 4.75. The van der Waals surface area contributed by atoms with E-state index in [-0.39, 0.29) is 0 Å². The maximum absolute atomic E-state index is 9.67. The summed E-state index contributed by atoms with van der Waals surface area (Å²) < 4.78 is 29.0. The van der Waals surface area contributed by atoms with Crippen molar-refractivity contribution >= 4 is 18.9 Å². The highest BCUT2D eigenvalue weighted by Crippen LogP contribution is 2.10. The summed E-state index contributed by atoms with van der Waals surface area (Å²) in [6.45, 7) is 0. The minimum Gasteiger partial charge on any atom is -0.397 e. The largest absolute Gasteiger partial charge is 0.762 e. The lowest BCUT2D eigenvalue weighted by Gasteiger charge is -1.94. The maximum Gasteiger partial charge on any atom is 0.762 e.